The van der Waals surface area contributed by atoms with Crippen molar-refractivity contribution in [3.05, 3.63) is 92.1 Å². The molecule has 9 heteroatoms. The van der Waals surface area contributed by atoms with Crippen LogP contribution < -0.4 is 16.0 Å². The Balaban J connectivity index is 1.73. The normalized spacial score (nSPS) is 15.3. The van der Waals surface area contributed by atoms with Gasteiger partial charge in [-0.05, 0) is 30.2 Å². The molecule has 2 aromatic carbocycles. The number of amides is 1. The molecule has 0 saturated heterocycles. The van der Waals surface area contributed by atoms with Crippen molar-refractivity contribution in [1.82, 2.24) is 14.6 Å². The Morgan fingerprint density at radius 3 is 2.47 bits per heavy atom. The standard InChI is InChI=1S/C25H26N4O5/c1-3-21(30)29-20(17-10-12-18(13-11-17)34-4-2)14-19(27-29)22-23(31)26-25(33)28(24(22)32)15-16-8-6-5-7-9-16/h5-13,20,32H,3-4,14-15H2,1-2H3,(H,26,31,33). The number of hydrogen-bond acceptors (Lipinski definition) is 6. The van der Waals surface area contributed by atoms with Gasteiger partial charge in [-0.25, -0.2) is 9.80 Å². The third-order valence-electron chi connectivity index (χ3n) is 5.69. The van der Waals surface area contributed by atoms with E-state index in [-0.39, 0.29) is 36.6 Å². The number of aromatic hydroxyl groups is 1. The van der Waals surface area contributed by atoms with Crippen LogP contribution in [0.15, 0.2) is 69.3 Å². The quantitative estimate of drug-likeness (QED) is 0.560. The lowest BCUT2D eigenvalue weighted by atomic mass is 9.99. The van der Waals surface area contributed by atoms with Crippen LogP contribution in [0.5, 0.6) is 11.6 Å². The Kier molecular flexibility index (Phi) is 6.62. The van der Waals surface area contributed by atoms with Crippen molar-refractivity contribution in [3.63, 3.8) is 0 Å². The van der Waals surface area contributed by atoms with Gasteiger partial charge in [0.15, 0.2) is 0 Å². The second-order valence-electron chi connectivity index (χ2n) is 7.89. The molecule has 1 aliphatic heterocycles. The topological polar surface area (TPSA) is 117 Å². The van der Waals surface area contributed by atoms with E-state index in [4.69, 9.17) is 4.74 Å². The summed E-state index contributed by atoms with van der Waals surface area (Å²) in [5.74, 6) is 0.0100. The number of rotatable bonds is 7. The number of carbonyl (C=O) groups excluding carboxylic acids is 1. The molecular weight excluding hydrogens is 436 g/mol. The highest BCUT2D eigenvalue weighted by atomic mass is 16.5. The minimum Gasteiger partial charge on any atom is -0.494 e. The van der Waals surface area contributed by atoms with Gasteiger partial charge < -0.3 is 9.84 Å². The molecular formula is C25H26N4O5. The second kappa shape index (κ2) is 9.78. The third kappa shape index (κ3) is 4.50. The molecule has 0 bridgehead atoms. The molecule has 2 heterocycles. The number of nitrogens with zero attached hydrogens (tertiary/aromatic N) is 3. The summed E-state index contributed by atoms with van der Waals surface area (Å²) < 4.78 is 6.58. The van der Waals surface area contributed by atoms with E-state index in [1.54, 1.807) is 6.92 Å². The van der Waals surface area contributed by atoms with Crippen LogP contribution in [0.4, 0.5) is 0 Å². The van der Waals surface area contributed by atoms with Gasteiger partial charge in [0, 0.05) is 12.8 Å². The molecule has 34 heavy (non-hydrogen) atoms. The highest BCUT2D eigenvalue weighted by Crippen LogP contribution is 2.34. The van der Waals surface area contributed by atoms with Gasteiger partial charge in [-0.2, -0.15) is 5.10 Å². The fraction of sp³-hybridized carbons (Fsp3) is 0.280. The number of nitrogens with one attached hydrogen (secondary N) is 1. The molecule has 0 radical (unpaired) electrons. The molecule has 2 N–H and O–H groups in total. The molecule has 0 saturated carbocycles. The molecule has 1 aliphatic rings. The van der Waals surface area contributed by atoms with Crippen molar-refractivity contribution < 1.29 is 14.6 Å². The summed E-state index contributed by atoms with van der Waals surface area (Å²) in [5, 5.41) is 16.7. The third-order valence-corrected chi connectivity index (χ3v) is 5.69. The molecule has 0 aliphatic carbocycles. The van der Waals surface area contributed by atoms with E-state index in [1.807, 2.05) is 61.5 Å². The van der Waals surface area contributed by atoms with E-state index < -0.39 is 23.2 Å². The smallest absolute Gasteiger partial charge is 0.331 e. The van der Waals surface area contributed by atoms with E-state index >= 15 is 0 Å². The molecule has 176 valence electrons. The molecule has 1 amide bonds. The molecule has 4 rings (SSSR count). The Labute approximate surface area is 195 Å². The number of aromatic nitrogens is 2. The number of hydrogen-bond donors (Lipinski definition) is 2. The summed E-state index contributed by atoms with van der Waals surface area (Å²) in [7, 11) is 0. The summed E-state index contributed by atoms with van der Waals surface area (Å²) >= 11 is 0. The van der Waals surface area contributed by atoms with Crippen LogP contribution in [0, 0.1) is 0 Å². The lowest BCUT2D eigenvalue weighted by Gasteiger charge is -2.21. The number of hydrazone groups is 1. The SMILES string of the molecule is CCOc1ccc(C2CC(c3c(O)n(Cc4ccccc4)c(=O)[nH]c3=O)=NN2C(=O)CC)cc1. The first-order valence-electron chi connectivity index (χ1n) is 11.2. The van der Waals surface area contributed by atoms with E-state index in [9.17, 15) is 19.5 Å². The fourth-order valence-corrected chi connectivity index (χ4v) is 4.00. The van der Waals surface area contributed by atoms with Gasteiger partial charge >= 0.3 is 5.69 Å². The Hall–Kier alpha value is -4.14. The zero-order chi connectivity index (χ0) is 24.2. The zero-order valence-corrected chi connectivity index (χ0v) is 19.0. The van der Waals surface area contributed by atoms with Crippen molar-refractivity contribution in [2.45, 2.75) is 39.3 Å². The number of H-pyrrole nitrogens is 1. The van der Waals surface area contributed by atoms with Crippen LogP contribution in [0.1, 0.15) is 49.4 Å². The molecule has 1 unspecified atom stereocenters. The van der Waals surface area contributed by atoms with Crippen molar-refractivity contribution in [2.75, 3.05) is 6.61 Å². The van der Waals surface area contributed by atoms with Crippen molar-refractivity contribution >= 4 is 11.6 Å². The zero-order valence-electron chi connectivity index (χ0n) is 19.0. The molecule has 3 aromatic rings. The molecule has 1 atom stereocenters. The average Bonchev–Trinajstić information content (AvgIpc) is 3.27. The number of ether oxygens (including phenoxy) is 1. The van der Waals surface area contributed by atoms with Gasteiger partial charge in [0.25, 0.3) is 5.56 Å². The maximum atomic E-state index is 12.7. The number of carbonyl (C=O) groups is 1. The number of benzene rings is 2. The van der Waals surface area contributed by atoms with Crippen LogP contribution in [-0.4, -0.2) is 37.9 Å². The van der Waals surface area contributed by atoms with Gasteiger partial charge in [-0.3, -0.25) is 19.1 Å². The predicted octanol–water partition coefficient (Wildman–Crippen LogP) is 2.78. The summed E-state index contributed by atoms with van der Waals surface area (Å²) in [6, 6.07) is 16.0. The maximum absolute atomic E-state index is 12.7. The summed E-state index contributed by atoms with van der Waals surface area (Å²) in [5.41, 5.74) is 0.248. The first-order valence-corrected chi connectivity index (χ1v) is 11.2. The van der Waals surface area contributed by atoms with Crippen LogP contribution >= 0.6 is 0 Å². The second-order valence-corrected chi connectivity index (χ2v) is 7.89. The molecule has 9 nitrogen and oxygen atoms in total. The lowest BCUT2D eigenvalue weighted by Crippen LogP contribution is -2.34. The molecule has 0 spiro atoms. The van der Waals surface area contributed by atoms with Gasteiger partial charge in [0.1, 0.15) is 11.3 Å². The molecule has 1 aromatic heterocycles. The average molecular weight is 463 g/mol. The van der Waals surface area contributed by atoms with E-state index in [0.29, 0.717) is 12.4 Å². The Bertz CT molecular complexity index is 1330. The van der Waals surface area contributed by atoms with Crippen LogP contribution in [0.3, 0.4) is 0 Å². The van der Waals surface area contributed by atoms with Crippen LogP contribution in [0.2, 0.25) is 0 Å². The fourth-order valence-electron chi connectivity index (χ4n) is 4.00. The van der Waals surface area contributed by atoms with Crippen LogP contribution in [-0.2, 0) is 11.3 Å². The van der Waals surface area contributed by atoms with Gasteiger partial charge in [-0.1, -0.05) is 49.4 Å². The van der Waals surface area contributed by atoms with E-state index in [0.717, 1.165) is 15.7 Å². The first-order chi connectivity index (χ1) is 16.4. The lowest BCUT2D eigenvalue weighted by molar-refractivity contribution is -0.132. The van der Waals surface area contributed by atoms with E-state index in [1.165, 1.54) is 5.01 Å². The van der Waals surface area contributed by atoms with E-state index in [2.05, 4.69) is 10.1 Å². The van der Waals surface area contributed by atoms with Gasteiger partial charge in [0.05, 0.1) is 24.9 Å². The monoisotopic (exact) mass is 462 g/mol. The largest absolute Gasteiger partial charge is 0.494 e. The van der Waals surface area contributed by atoms with Crippen molar-refractivity contribution in [2.24, 2.45) is 5.10 Å². The first kappa shape index (κ1) is 23.0. The van der Waals surface area contributed by atoms with Gasteiger partial charge in [0.2, 0.25) is 11.8 Å². The minimum absolute atomic E-state index is 0.0719. The number of aromatic amines is 1. The minimum atomic E-state index is -0.748. The van der Waals surface area contributed by atoms with Crippen LogP contribution in [0.25, 0.3) is 0 Å². The molecule has 0 fully saturated rings. The highest BCUT2D eigenvalue weighted by molar-refractivity contribution is 6.04. The summed E-state index contributed by atoms with van der Waals surface area (Å²) in [4.78, 5) is 40.1. The van der Waals surface area contributed by atoms with Crippen molar-refractivity contribution in [3.8, 4) is 11.6 Å². The Morgan fingerprint density at radius 2 is 1.82 bits per heavy atom. The summed E-state index contributed by atoms with van der Waals surface area (Å²) in [6.45, 7) is 4.24. The summed E-state index contributed by atoms with van der Waals surface area (Å²) in [6.07, 6.45) is 0.431. The Morgan fingerprint density at radius 1 is 1.12 bits per heavy atom. The van der Waals surface area contributed by atoms with Gasteiger partial charge in [-0.15, -0.1) is 0 Å². The van der Waals surface area contributed by atoms with Crippen molar-refractivity contribution in [1.29, 1.82) is 0 Å². The highest BCUT2D eigenvalue weighted by Gasteiger charge is 2.35. The predicted molar refractivity (Wildman–Crippen MR) is 127 cm³/mol. The maximum Gasteiger partial charge on any atom is 0.331 e.